The maximum Gasteiger partial charge on any atom is 0.238 e. The van der Waals surface area contributed by atoms with Crippen LogP contribution in [-0.4, -0.2) is 49.4 Å². The van der Waals surface area contributed by atoms with E-state index in [1.165, 1.54) is 0 Å². The van der Waals surface area contributed by atoms with E-state index < -0.39 is 0 Å². The van der Waals surface area contributed by atoms with E-state index >= 15 is 0 Å². The second-order valence-corrected chi connectivity index (χ2v) is 6.08. The number of likely N-dealkylation sites (tertiary alicyclic amines) is 1. The van der Waals surface area contributed by atoms with Crippen LogP contribution in [0.25, 0.3) is 0 Å². The van der Waals surface area contributed by atoms with Gasteiger partial charge in [-0.25, -0.2) is 0 Å². The molecule has 2 heterocycles. The number of carbonyl (C=O) groups is 1. The second kappa shape index (κ2) is 7.42. The molecule has 1 aromatic rings. The second-order valence-electron chi connectivity index (χ2n) is 5.67. The first-order valence-corrected chi connectivity index (χ1v) is 8.13. The Morgan fingerprint density at radius 1 is 1.27 bits per heavy atom. The van der Waals surface area contributed by atoms with Gasteiger partial charge in [0.25, 0.3) is 0 Å². The molecule has 1 atom stereocenters. The number of halogens is 1. The van der Waals surface area contributed by atoms with Crippen molar-refractivity contribution in [3.8, 4) is 0 Å². The number of piperidine rings is 1. The Balaban J connectivity index is 1.60. The van der Waals surface area contributed by atoms with Gasteiger partial charge >= 0.3 is 0 Å². The van der Waals surface area contributed by atoms with Crippen LogP contribution < -0.4 is 5.32 Å². The number of benzene rings is 1. The lowest BCUT2D eigenvalue weighted by molar-refractivity contribution is -0.127. The Kier molecular flexibility index (Phi) is 5.31. The number of amides is 1. The van der Waals surface area contributed by atoms with E-state index in [0.29, 0.717) is 30.5 Å². The first kappa shape index (κ1) is 15.7. The number of ether oxygens (including phenoxy) is 2. The maximum atomic E-state index is 12.3. The molecule has 1 amide bonds. The summed E-state index contributed by atoms with van der Waals surface area (Å²) in [6, 6.07) is 7.42. The average Bonchev–Trinajstić information content (AvgIpc) is 3.04. The van der Waals surface area contributed by atoms with Crippen LogP contribution in [0.2, 0.25) is 5.02 Å². The molecule has 120 valence electrons. The highest BCUT2D eigenvalue weighted by atomic mass is 35.5. The zero-order valence-electron chi connectivity index (χ0n) is 12.5. The molecule has 2 aliphatic rings. The van der Waals surface area contributed by atoms with Crippen LogP contribution in [0, 0.1) is 0 Å². The summed E-state index contributed by atoms with van der Waals surface area (Å²) in [5, 5.41) is 3.42. The molecule has 3 rings (SSSR count). The highest BCUT2D eigenvalue weighted by Gasteiger charge is 2.34. The van der Waals surface area contributed by atoms with Gasteiger partial charge in [-0.1, -0.05) is 30.2 Å². The fourth-order valence-corrected chi connectivity index (χ4v) is 3.24. The molecule has 1 N–H and O–H groups in total. The summed E-state index contributed by atoms with van der Waals surface area (Å²) in [7, 11) is 0. The fraction of sp³-hybridized carbons (Fsp3) is 0.562. The summed E-state index contributed by atoms with van der Waals surface area (Å²) in [5.74, 6) is -0.0574. The van der Waals surface area contributed by atoms with Crippen molar-refractivity contribution in [2.24, 2.45) is 0 Å². The first-order chi connectivity index (χ1) is 10.7. The molecule has 2 saturated heterocycles. The maximum absolute atomic E-state index is 12.3. The molecule has 0 radical (unpaired) electrons. The van der Waals surface area contributed by atoms with E-state index in [1.54, 1.807) is 12.1 Å². The molecule has 0 aliphatic carbocycles. The number of carbonyl (C=O) groups excluding carboxylic acids is 1. The van der Waals surface area contributed by atoms with Crippen molar-refractivity contribution >= 4 is 23.2 Å². The van der Waals surface area contributed by atoms with E-state index in [2.05, 4.69) is 10.2 Å². The number of hydrogen-bond donors (Lipinski definition) is 1. The van der Waals surface area contributed by atoms with E-state index in [-0.39, 0.29) is 18.2 Å². The van der Waals surface area contributed by atoms with Gasteiger partial charge < -0.3 is 14.8 Å². The minimum atomic E-state index is -0.201. The lowest BCUT2D eigenvalue weighted by Gasteiger charge is -2.37. The summed E-state index contributed by atoms with van der Waals surface area (Å²) < 4.78 is 11.2. The summed E-state index contributed by atoms with van der Waals surface area (Å²) in [6.07, 6.45) is 3.05. The smallest absolute Gasteiger partial charge is 0.238 e. The number of hydrogen-bond acceptors (Lipinski definition) is 4. The molecule has 2 aliphatic heterocycles. The third-order valence-electron chi connectivity index (χ3n) is 4.12. The minimum Gasteiger partial charge on any atom is -0.349 e. The predicted molar refractivity (Wildman–Crippen MR) is 85.0 cm³/mol. The Morgan fingerprint density at radius 3 is 2.82 bits per heavy atom. The first-order valence-electron chi connectivity index (χ1n) is 7.76. The highest BCUT2D eigenvalue weighted by molar-refractivity contribution is 6.33. The Hall–Kier alpha value is -1.14. The van der Waals surface area contributed by atoms with Crippen molar-refractivity contribution in [3.05, 3.63) is 29.3 Å². The summed E-state index contributed by atoms with van der Waals surface area (Å²) >= 11 is 6.08. The van der Waals surface area contributed by atoms with Crippen molar-refractivity contribution in [1.29, 1.82) is 0 Å². The van der Waals surface area contributed by atoms with Gasteiger partial charge in [-0.15, -0.1) is 0 Å². The fourth-order valence-electron chi connectivity index (χ4n) is 3.06. The Bertz CT molecular complexity index is 520. The van der Waals surface area contributed by atoms with Gasteiger partial charge in [0.2, 0.25) is 5.91 Å². The van der Waals surface area contributed by atoms with Crippen molar-refractivity contribution < 1.29 is 14.3 Å². The number of nitrogens with one attached hydrogen (secondary N) is 1. The van der Waals surface area contributed by atoms with Crippen LogP contribution in [0.4, 0.5) is 5.69 Å². The standard InChI is InChI=1S/C16H21ClN2O3/c17-12-5-1-2-6-13(12)18-15(20)11-19-8-4-3-7-14(19)16-21-9-10-22-16/h1-2,5-6,14,16H,3-4,7-11H2,(H,18,20)/t14-/m0/s1. The zero-order valence-corrected chi connectivity index (χ0v) is 13.2. The van der Waals surface area contributed by atoms with Crippen LogP contribution in [0.1, 0.15) is 19.3 Å². The number of rotatable bonds is 4. The molecule has 1 aromatic carbocycles. The van der Waals surface area contributed by atoms with Crippen LogP contribution >= 0.6 is 11.6 Å². The van der Waals surface area contributed by atoms with Crippen molar-refractivity contribution in [2.45, 2.75) is 31.6 Å². The molecule has 0 saturated carbocycles. The SMILES string of the molecule is O=C(CN1CCCC[C@H]1C1OCCO1)Nc1ccccc1Cl. The molecular formula is C16H21ClN2O3. The molecule has 0 spiro atoms. The summed E-state index contributed by atoms with van der Waals surface area (Å²) in [5.41, 5.74) is 0.649. The average molecular weight is 325 g/mol. The van der Waals surface area contributed by atoms with E-state index in [1.807, 2.05) is 12.1 Å². The topological polar surface area (TPSA) is 50.8 Å². The van der Waals surface area contributed by atoms with E-state index in [9.17, 15) is 4.79 Å². The van der Waals surface area contributed by atoms with Crippen LogP contribution in [0.3, 0.4) is 0 Å². The molecule has 6 heteroatoms. The number of anilines is 1. The van der Waals surface area contributed by atoms with E-state index in [0.717, 1.165) is 25.8 Å². The zero-order chi connectivity index (χ0) is 15.4. The summed E-state index contributed by atoms with van der Waals surface area (Å²) in [6.45, 7) is 2.50. The van der Waals surface area contributed by atoms with Gasteiger partial charge in [0.1, 0.15) is 0 Å². The van der Waals surface area contributed by atoms with Gasteiger partial charge in [-0.3, -0.25) is 9.69 Å². The highest BCUT2D eigenvalue weighted by Crippen LogP contribution is 2.25. The third-order valence-corrected chi connectivity index (χ3v) is 4.45. The van der Waals surface area contributed by atoms with Crippen molar-refractivity contribution in [1.82, 2.24) is 4.90 Å². The van der Waals surface area contributed by atoms with Gasteiger partial charge in [0, 0.05) is 0 Å². The van der Waals surface area contributed by atoms with Gasteiger partial charge in [0.05, 0.1) is 36.5 Å². The lowest BCUT2D eigenvalue weighted by Crippen LogP contribution is -2.50. The van der Waals surface area contributed by atoms with E-state index in [4.69, 9.17) is 21.1 Å². The van der Waals surface area contributed by atoms with Crippen LogP contribution in [0.15, 0.2) is 24.3 Å². The van der Waals surface area contributed by atoms with Crippen molar-refractivity contribution in [3.63, 3.8) is 0 Å². The largest absolute Gasteiger partial charge is 0.349 e. The molecule has 22 heavy (non-hydrogen) atoms. The Labute approximate surface area is 135 Å². The molecule has 0 bridgehead atoms. The molecule has 2 fully saturated rings. The van der Waals surface area contributed by atoms with Gasteiger partial charge in [-0.2, -0.15) is 0 Å². The number of nitrogens with zero attached hydrogens (tertiary/aromatic N) is 1. The predicted octanol–water partition coefficient (Wildman–Crippen LogP) is 2.51. The van der Waals surface area contributed by atoms with Crippen LogP contribution in [-0.2, 0) is 14.3 Å². The normalized spacial score (nSPS) is 23.6. The Morgan fingerprint density at radius 2 is 2.05 bits per heavy atom. The quantitative estimate of drug-likeness (QED) is 0.924. The molecular weight excluding hydrogens is 304 g/mol. The van der Waals surface area contributed by atoms with Gasteiger partial charge in [0.15, 0.2) is 6.29 Å². The third kappa shape index (κ3) is 3.79. The molecule has 0 unspecified atom stereocenters. The lowest BCUT2D eigenvalue weighted by atomic mass is 10.0. The van der Waals surface area contributed by atoms with Crippen molar-refractivity contribution in [2.75, 3.05) is 31.6 Å². The minimum absolute atomic E-state index is 0.0574. The number of para-hydroxylation sites is 1. The summed E-state index contributed by atoms with van der Waals surface area (Å²) in [4.78, 5) is 14.5. The molecule has 5 nitrogen and oxygen atoms in total. The van der Waals surface area contributed by atoms with Crippen LogP contribution in [0.5, 0.6) is 0 Å². The molecule has 0 aromatic heterocycles. The van der Waals surface area contributed by atoms with Gasteiger partial charge in [-0.05, 0) is 31.5 Å². The monoisotopic (exact) mass is 324 g/mol.